The number of halogens is 1. The van der Waals surface area contributed by atoms with Crippen LogP contribution in [-0.4, -0.2) is 18.3 Å². The average molecular weight is 334 g/mol. The van der Waals surface area contributed by atoms with Crippen LogP contribution in [0.4, 0.5) is 4.39 Å². The molecule has 1 aliphatic carbocycles. The highest BCUT2D eigenvalue weighted by molar-refractivity contribution is 5.73. The van der Waals surface area contributed by atoms with E-state index < -0.39 is 12.4 Å². The second-order valence-electron chi connectivity index (χ2n) is 8.20. The summed E-state index contributed by atoms with van der Waals surface area (Å²) in [7, 11) is 0. The van der Waals surface area contributed by atoms with E-state index in [4.69, 9.17) is 4.74 Å². The Hall–Kier alpha value is -1.35. The largest absolute Gasteiger partial charge is 0.493 e. The van der Waals surface area contributed by atoms with Gasteiger partial charge in [0.05, 0.1) is 13.2 Å². The molecule has 2 rings (SSSR count). The van der Waals surface area contributed by atoms with Gasteiger partial charge in [0.2, 0.25) is 0 Å². The van der Waals surface area contributed by atoms with Crippen LogP contribution in [0.1, 0.15) is 77.5 Å². The molecule has 0 radical (unpaired) electrons. The molecule has 0 fully saturated rings. The van der Waals surface area contributed by atoms with Crippen LogP contribution >= 0.6 is 0 Å². The lowest BCUT2D eigenvalue weighted by Crippen LogP contribution is -2.34. The Labute approximate surface area is 145 Å². The molecule has 1 aromatic carbocycles. The predicted molar refractivity (Wildman–Crippen MR) is 98.3 cm³/mol. The summed E-state index contributed by atoms with van der Waals surface area (Å²) >= 11 is 0. The molecule has 2 nitrogen and oxygen atoms in total. The predicted octanol–water partition coefficient (Wildman–Crippen LogP) is 5.52. The third kappa shape index (κ3) is 3.51. The number of aliphatic hydroxyl groups excluding tert-OH is 1. The van der Waals surface area contributed by atoms with Gasteiger partial charge in [-0.1, -0.05) is 34.6 Å². The molecule has 0 atom stereocenters. The van der Waals surface area contributed by atoms with E-state index in [1.807, 2.05) is 0 Å². The highest BCUT2D eigenvalue weighted by Crippen LogP contribution is 2.48. The quantitative estimate of drug-likeness (QED) is 0.768. The van der Waals surface area contributed by atoms with Crippen LogP contribution in [0.3, 0.4) is 0 Å². The number of hydrogen-bond donors (Lipinski definition) is 1. The fourth-order valence-electron chi connectivity index (χ4n) is 3.48. The minimum atomic E-state index is -0.578. The van der Waals surface area contributed by atoms with Crippen LogP contribution in [0.2, 0.25) is 0 Å². The van der Waals surface area contributed by atoms with Crippen LogP contribution in [0.5, 0.6) is 5.75 Å². The van der Waals surface area contributed by atoms with Crippen molar-refractivity contribution in [2.45, 2.75) is 71.6 Å². The third-order valence-electron chi connectivity index (χ3n) is 5.36. The Kier molecular flexibility index (Phi) is 5.44. The van der Waals surface area contributed by atoms with Gasteiger partial charge in [0.15, 0.2) is 0 Å². The lowest BCUT2D eigenvalue weighted by Gasteiger charge is -2.42. The van der Waals surface area contributed by atoms with Crippen molar-refractivity contribution >= 4 is 5.57 Å². The maximum atomic E-state index is 14.1. The number of hydrogen-bond acceptors (Lipinski definition) is 2. The Bertz CT molecular complexity index is 641. The maximum Gasteiger partial charge on any atom is 0.129 e. The highest BCUT2D eigenvalue weighted by Gasteiger charge is 2.38. The molecule has 0 bridgehead atoms. The smallest absolute Gasteiger partial charge is 0.129 e. The van der Waals surface area contributed by atoms with Crippen molar-refractivity contribution in [3.05, 3.63) is 34.6 Å². The minimum absolute atomic E-state index is 0.0544. The van der Waals surface area contributed by atoms with E-state index in [1.165, 1.54) is 11.1 Å². The monoisotopic (exact) mass is 334 g/mol. The van der Waals surface area contributed by atoms with Gasteiger partial charge in [-0.3, -0.25) is 0 Å². The van der Waals surface area contributed by atoms with Gasteiger partial charge in [-0.15, -0.1) is 0 Å². The molecule has 1 aromatic rings. The van der Waals surface area contributed by atoms with E-state index in [0.717, 1.165) is 30.6 Å². The number of benzene rings is 1. The van der Waals surface area contributed by atoms with Crippen LogP contribution in [0.25, 0.3) is 5.57 Å². The number of rotatable bonds is 5. The summed E-state index contributed by atoms with van der Waals surface area (Å²) in [6.45, 7) is 12.8. The summed E-state index contributed by atoms with van der Waals surface area (Å²) in [5.74, 6) is 0.228. The van der Waals surface area contributed by atoms with Gasteiger partial charge in [0, 0.05) is 5.56 Å². The zero-order valence-electron chi connectivity index (χ0n) is 15.9. The van der Waals surface area contributed by atoms with E-state index in [2.05, 4.69) is 46.8 Å². The summed E-state index contributed by atoms with van der Waals surface area (Å²) in [6.07, 6.45) is 3.13. The molecule has 134 valence electrons. The first-order chi connectivity index (χ1) is 11.1. The summed E-state index contributed by atoms with van der Waals surface area (Å²) in [5, 5.41) is 9.18. The highest BCUT2D eigenvalue weighted by atomic mass is 19.1. The summed E-state index contributed by atoms with van der Waals surface area (Å²) in [4.78, 5) is 0. The molecule has 0 aromatic heterocycles. The summed E-state index contributed by atoms with van der Waals surface area (Å²) in [6, 6.07) is 4.20. The van der Waals surface area contributed by atoms with E-state index in [1.54, 1.807) is 6.92 Å². The molecule has 0 heterocycles. The van der Waals surface area contributed by atoms with E-state index in [-0.39, 0.29) is 10.8 Å². The van der Waals surface area contributed by atoms with Crippen molar-refractivity contribution in [3.63, 3.8) is 0 Å². The fourth-order valence-corrected chi connectivity index (χ4v) is 3.48. The molecule has 3 heteroatoms. The molecule has 0 spiro atoms. The molecular formula is C21H31FO2. The third-order valence-corrected chi connectivity index (χ3v) is 5.36. The van der Waals surface area contributed by atoms with E-state index in [0.29, 0.717) is 12.2 Å². The van der Waals surface area contributed by atoms with Crippen LogP contribution < -0.4 is 4.74 Å². The lowest BCUT2D eigenvalue weighted by atomic mass is 9.62. The Balaban J connectivity index is 2.71. The minimum Gasteiger partial charge on any atom is -0.493 e. The van der Waals surface area contributed by atoms with Gasteiger partial charge in [0.25, 0.3) is 0 Å². The normalized spacial score (nSPS) is 19.5. The van der Waals surface area contributed by atoms with Crippen molar-refractivity contribution in [2.24, 2.45) is 0 Å². The van der Waals surface area contributed by atoms with Crippen molar-refractivity contribution < 1.29 is 14.2 Å². The standard InChI is InChI=1S/C21H31FO2/c1-7-10-24-19-12-17-16(11-15(19)14(2)18(22)13-23)20(3,4)8-9-21(17,5)6/h11-12,23H,7-10,13H2,1-6H3. The van der Waals surface area contributed by atoms with Gasteiger partial charge in [-0.2, -0.15) is 0 Å². The number of fused-ring (bicyclic) bond motifs is 1. The summed E-state index contributed by atoms with van der Waals surface area (Å²) in [5.41, 5.74) is 3.93. The Morgan fingerprint density at radius 1 is 1.12 bits per heavy atom. The van der Waals surface area contributed by atoms with Crippen LogP contribution in [-0.2, 0) is 10.8 Å². The van der Waals surface area contributed by atoms with Crippen LogP contribution in [0.15, 0.2) is 18.0 Å². The lowest BCUT2D eigenvalue weighted by molar-refractivity contribution is 0.298. The topological polar surface area (TPSA) is 29.5 Å². The summed E-state index contributed by atoms with van der Waals surface area (Å²) < 4.78 is 20.0. The molecule has 0 amide bonds. The van der Waals surface area contributed by atoms with Gasteiger partial charge >= 0.3 is 0 Å². The zero-order chi connectivity index (χ0) is 18.1. The first-order valence-electron chi connectivity index (χ1n) is 8.92. The first kappa shape index (κ1) is 19.0. The molecular weight excluding hydrogens is 303 g/mol. The number of allylic oxidation sites excluding steroid dienone is 1. The van der Waals surface area contributed by atoms with Crippen molar-refractivity contribution in [3.8, 4) is 5.75 Å². The molecule has 1 aliphatic rings. The van der Waals surface area contributed by atoms with Gasteiger partial charge in [0.1, 0.15) is 11.6 Å². The second-order valence-corrected chi connectivity index (χ2v) is 8.20. The first-order valence-corrected chi connectivity index (χ1v) is 8.92. The van der Waals surface area contributed by atoms with Gasteiger partial charge in [-0.25, -0.2) is 4.39 Å². The van der Waals surface area contributed by atoms with Crippen molar-refractivity contribution in [2.75, 3.05) is 13.2 Å². The molecule has 0 aliphatic heterocycles. The molecule has 0 saturated carbocycles. The number of ether oxygens (including phenoxy) is 1. The van der Waals surface area contributed by atoms with E-state index >= 15 is 0 Å². The van der Waals surface area contributed by atoms with Crippen molar-refractivity contribution in [1.29, 1.82) is 0 Å². The zero-order valence-corrected chi connectivity index (χ0v) is 15.9. The Morgan fingerprint density at radius 2 is 1.67 bits per heavy atom. The second kappa shape index (κ2) is 6.87. The molecule has 0 unspecified atom stereocenters. The van der Waals surface area contributed by atoms with Gasteiger partial charge < -0.3 is 9.84 Å². The van der Waals surface area contributed by atoms with Crippen LogP contribution in [0, 0.1) is 0 Å². The van der Waals surface area contributed by atoms with Crippen molar-refractivity contribution in [1.82, 2.24) is 0 Å². The molecule has 24 heavy (non-hydrogen) atoms. The number of aliphatic hydroxyl groups is 1. The molecule has 1 N–H and O–H groups in total. The maximum absolute atomic E-state index is 14.1. The SMILES string of the molecule is CCCOc1cc2c(cc1C(C)=C(F)CO)C(C)(C)CCC2(C)C. The van der Waals surface area contributed by atoms with Gasteiger partial charge in [-0.05, 0) is 65.8 Å². The van der Waals surface area contributed by atoms with E-state index in [9.17, 15) is 9.50 Å². The average Bonchev–Trinajstić information content (AvgIpc) is 2.55. The molecule has 0 saturated heterocycles. The Morgan fingerprint density at radius 3 is 2.17 bits per heavy atom. The fraction of sp³-hybridized carbons (Fsp3) is 0.619.